The molecule has 12 heteroatoms. The molecule has 3 aromatic rings. The van der Waals surface area contributed by atoms with Crippen molar-refractivity contribution in [3.63, 3.8) is 0 Å². The molecule has 0 aliphatic heterocycles. The molecule has 0 aliphatic rings. The minimum absolute atomic E-state index is 0. The first kappa shape index (κ1) is 32.6. The number of hydrogen-bond acceptors (Lipinski definition) is 6. The Bertz CT molecular complexity index is 1150. The van der Waals surface area contributed by atoms with Crippen molar-refractivity contribution in [2.24, 2.45) is 5.73 Å². The van der Waals surface area contributed by atoms with Crippen LogP contribution in [-0.4, -0.2) is 45.5 Å². The van der Waals surface area contributed by atoms with Gasteiger partial charge >= 0.3 is 0 Å². The van der Waals surface area contributed by atoms with Gasteiger partial charge in [0.15, 0.2) is 5.82 Å². The zero-order valence-electron chi connectivity index (χ0n) is 21.3. The quantitative estimate of drug-likeness (QED) is 0.266. The van der Waals surface area contributed by atoms with Gasteiger partial charge in [-0.1, -0.05) is 60.7 Å². The third kappa shape index (κ3) is 10.9. The third-order valence-corrected chi connectivity index (χ3v) is 5.15. The van der Waals surface area contributed by atoms with E-state index in [4.69, 9.17) is 10.5 Å². The largest absolute Gasteiger partial charge is 0.374 e. The lowest BCUT2D eigenvalue weighted by molar-refractivity contribution is -0.130. The molecular weight excluding hydrogens is 531 g/mol. The van der Waals surface area contributed by atoms with Gasteiger partial charge in [0.1, 0.15) is 12.6 Å². The average Bonchev–Trinajstić information content (AvgIpc) is 3.29. The topological polar surface area (TPSA) is 140 Å². The normalized spacial score (nSPS) is 11.3. The summed E-state index contributed by atoms with van der Waals surface area (Å²) in [6, 6.07) is 18.1. The molecular formula is C26H34Cl2N6O4. The lowest BCUT2D eigenvalue weighted by Crippen LogP contribution is -2.56. The number of nitrogens with zero attached hydrogens (tertiary/aromatic N) is 2. The maximum Gasteiger partial charge on any atom is 0.250 e. The van der Waals surface area contributed by atoms with Gasteiger partial charge in [0, 0.05) is 12.7 Å². The first-order valence-corrected chi connectivity index (χ1v) is 11.6. The number of benzene rings is 2. The van der Waals surface area contributed by atoms with E-state index in [9.17, 15) is 14.4 Å². The summed E-state index contributed by atoms with van der Waals surface area (Å²) < 4.78 is 7.23. The summed E-state index contributed by atoms with van der Waals surface area (Å²) in [4.78, 5) is 41.7. The van der Waals surface area contributed by atoms with Crippen molar-refractivity contribution in [3.8, 4) is 0 Å². The van der Waals surface area contributed by atoms with Crippen molar-refractivity contribution in [1.29, 1.82) is 0 Å². The fourth-order valence-electron chi connectivity index (χ4n) is 3.14. The number of rotatable bonds is 12. The number of imidazole rings is 1. The maximum atomic E-state index is 12.9. The number of hydrogen-bond donors (Lipinski definition) is 4. The molecule has 1 heterocycles. The standard InChI is InChI=1S/C26H32N6O4.2ClH/c1-26(2,27)25(35)30-21(17-36-16-20-11-7-4-8-12-20)24(34)31-22-14-32(18-29-22)15-23(33)28-13-19-9-5-3-6-10-19;;/h3-12,14,18,21H,13,15-17,27H2,1-2H3,(H,28,33)(H,30,35)(H,31,34);2*1H/t21-;;/m1../s1. The minimum Gasteiger partial charge on any atom is -0.374 e. The molecule has 3 amide bonds. The lowest BCUT2D eigenvalue weighted by atomic mass is 10.1. The highest BCUT2D eigenvalue weighted by Gasteiger charge is 2.28. The van der Waals surface area contributed by atoms with E-state index in [2.05, 4.69) is 20.9 Å². The van der Waals surface area contributed by atoms with E-state index >= 15 is 0 Å². The second-order valence-corrected chi connectivity index (χ2v) is 8.93. The predicted molar refractivity (Wildman–Crippen MR) is 150 cm³/mol. The van der Waals surface area contributed by atoms with Gasteiger partial charge in [0.25, 0.3) is 5.91 Å². The fraction of sp³-hybridized carbons (Fsp3) is 0.308. The summed E-state index contributed by atoms with van der Waals surface area (Å²) in [7, 11) is 0. The summed E-state index contributed by atoms with van der Waals surface area (Å²) in [5.74, 6) is -0.963. The Morgan fingerprint density at radius 1 is 1.00 bits per heavy atom. The van der Waals surface area contributed by atoms with Gasteiger partial charge in [-0.3, -0.25) is 14.4 Å². The number of nitrogens with one attached hydrogen (secondary N) is 3. The molecule has 2 aromatic carbocycles. The summed E-state index contributed by atoms with van der Waals surface area (Å²) in [6.07, 6.45) is 2.98. The highest BCUT2D eigenvalue weighted by atomic mass is 35.5. The number of amides is 3. The average molecular weight is 566 g/mol. The number of nitrogens with two attached hydrogens (primary N) is 1. The van der Waals surface area contributed by atoms with Gasteiger partial charge < -0.3 is 31.0 Å². The van der Waals surface area contributed by atoms with Crippen LogP contribution in [0.2, 0.25) is 0 Å². The van der Waals surface area contributed by atoms with E-state index in [1.54, 1.807) is 18.4 Å². The van der Waals surface area contributed by atoms with Crippen LogP contribution in [0.4, 0.5) is 5.82 Å². The third-order valence-electron chi connectivity index (χ3n) is 5.15. The molecule has 0 aliphatic carbocycles. The van der Waals surface area contributed by atoms with Crippen LogP contribution in [0.5, 0.6) is 0 Å². The monoisotopic (exact) mass is 564 g/mol. The number of halogens is 2. The van der Waals surface area contributed by atoms with Crippen LogP contribution in [0.15, 0.2) is 73.2 Å². The number of carbonyl (C=O) groups excluding carboxylic acids is 3. The van der Waals surface area contributed by atoms with E-state index in [-0.39, 0.29) is 56.3 Å². The molecule has 0 bridgehead atoms. The Morgan fingerprint density at radius 2 is 1.61 bits per heavy atom. The van der Waals surface area contributed by atoms with Crippen LogP contribution in [0.25, 0.3) is 0 Å². The van der Waals surface area contributed by atoms with Crippen LogP contribution in [0.1, 0.15) is 25.0 Å². The Kier molecular flexibility index (Phi) is 13.5. The maximum absolute atomic E-state index is 12.9. The number of anilines is 1. The molecule has 0 saturated carbocycles. The van der Waals surface area contributed by atoms with Gasteiger partial charge in [-0.25, -0.2) is 4.98 Å². The van der Waals surface area contributed by atoms with E-state index in [1.165, 1.54) is 12.5 Å². The molecule has 0 spiro atoms. The Hall–Kier alpha value is -3.44. The summed E-state index contributed by atoms with van der Waals surface area (Å²) in [5, 5.41) is 8.13. The molecule has 0 fully saturated rings. The molecule has 0 saturated heterocycles. The summed E-state index contributed by atoms with van der Waals surface area (Å²) in [6.45, 7) is 3.76. The fourth-order valence-corrected chi connectivity index (χ4v) is 3.14. The SMILES string of the molecule is CC(C)(N)C(=O)N[C@H](COCc1ccccc1)C(=O)Nc1cn(CC(=O)NCc2ccccc2)cn1.Cl.Cl. The number of ether oxygens (including phenoxy) is 1. The molecule has 38 heavy (non-hydrogen) atoms. The lowest BCUT2D eigenvalue weighted by Gasteiger charge is -2.23. The van der Waals surface area contributed by atoms with Crippen LogP contribution >= 0.6 is 24.8 Å². The molecule has 3 rings (SSSR count). The zero-order valence-corrected chi connectivity index (χ0v) is 22.9. The molecule has 10 nitrogen and oxygen atoms in total. The second kappa shape index (κ2) is 15.7. The van der Waals surface area contributed by atoms with Gasteiger partial charge in [0.05, 0.1) is 25.1 Å². The van der Waals surface area contributed by atoms with Gasteiger partial charge in [0.2, 0.25) is 11.8 Å². The zero-order chi connectivity index (χ0) is 26.0. The molecule has 0 radical (unpaired) electrons. The van der Waals surface area contributed by atoms with Crippen molar-refractivity contribution >= 4 is 48.4 Å². The van der Waals surface area contributed by atoms with Crippen molar-refractivity contribution in [2.75, 3.05) is 11.9 Å². The number of carbonyl (C=O) groups is 3. The van der Waals surface area contributed by atoms with Gasteiger partial charge in [-0.05, 0) is 25.0 Å². The smallest absolute Gasteiger partial charge is 0.250 e. The van der Waals surface area contributed by atoms with Gasteiger partial charge in [-0.15, -0.1) is 24.8 Å². The Morgan fingerprint density at radius 3 is 2.21 bits per heavy atom. The van der Waals surface area contributed by atoms with Crippen molar-refractivity contribution in [3.05, 3.63) is 84.3 Å². The second-order valence-electron chi connectivity index (χ2n) is 8.93. The summed E-state index contributed by atoms with van der Waals surface area (Å²) >= 11 is 0. The van der Waals surface area contributed by atoms with Crippen LogP contribution < -0.4 is 21.7 Å². The molecule has 206 valence electrons. The molecule has 1 aromatic heterocycles. The molecule has 0 unspecified atom stereocenters. The van der Waals surface area contributed by atoms with Crippen molar-refractivity contribution in [2.45, 2.75) is 45.1 Å². The van der Waals surface area contributed by atoms with E-state index in [0.29, 0.717) is 6.54 Å². The summed E-state index contributed by atoms with van der Waals surface area (Å²) in [5.41, 5.74) is 6.63. The van der Waals surface area contributed by atoms with Crippen molar-refractivity contribution in [1.82, 2.24) is 20.2 Å². The van der Waals surface area contributed by atoms with Crippen LogP contribution in [0.3, 0.4) is 0 Å². The highest BCUT2D eigenvalue weighted by Crippen LogP contribution is 2.07. The van der Waals surface area contributed by atoms with E-state index < -0.39 is 23.4 Å². The first-order chi connectivity index (χ1) is 17.2. The molecule has 5 N–H and O–H groups in total. The van der Waals surface area contributed by atoms with E-state index in [0.717, 1.165) is 11.1 Å². The van der Waals surface area contributed by atoms with Gasteiger partial charge in [-0.2, -0.15) is 0 Å². The van der Waals surface area contributed by atoms with E-state index in [1.807, 2.05) is 60.7 Å². The van der Waals surface area contributed by atoms with Crippen LogP contribution in [-0.2, 0) is 38.8 Å². The highest BCUT2D eigenvalue weighted by molar-refractivity contribution is 5.98. The Balaban J connectivity index is 0.00000361. The first-order valence-electron chi connectivity index (χ1n) is 11.6. The Labute approximate surface area is 234 Å². The van der Waals surface area contributed by atoms with Crippen LogP contribution in [0, 0.1) is 0 Å². The molecule has 1 atom stereocenters. The number of aromatic nitrogens is 2. The van der Waals surface area contributed by atoms with Crippen molar-refractivity contribution < 1.29 is 19.1 Å². The minimum atomic E-state index is -1.17. The predicted octanol–water partition coefficient (Wildman–Crippen LogP) is 2.42.